The first kappa shape index (κ1) is 14.4. The summed E-state index contributed by atoms with van der Waals surface area (Å²) >= 11 is 0. The number of rotatable bonds is 3. The third-order valence-electron chi connectivity index (χ3n) is 4.17. The highest BCUT2D eigenvalue weighted by Gasteiger charge is 2.33. The molecule has 1 aromatic carbocycles. The number of hydrogen-bond donors (Lipinski definition) is 1. The molecule has 3 rings (SSSR count). The van der Waals surface area contributed by atoms with Gasteiger partial charge in [-0.2, -0.15) is 0 Å². The van der Waals surface area contributed by atoms with Crippen LogP contribution in [0.5, 0.6) is 5.75 Å². The third kappa shape index (κ3) is 2.20. The van der Waals surface area contributed by atoms with Crippen LogP contribution in [-0.2, 0) is 4.79 Å². The summed E-state index contributed by atoms with van der Waals surface area (Å²) in [5, 5.41) is 9.87. The molecule has 0 spiro atoms. The molecule has 2 aromatic rings. The van der Waals surface area contributed by atoms with Crippen molar-refractivity contribution in [3.63, 3.8) is 0 Å². The maximum Gasteiger partial charge on any atom is 0.308 e. The summed E-state index contributed by atoms with van der Waals surface area (Å²) in [7, 11) is 1.55. The molecule has 0 aliphatic carbocycles. The van der Waals surface area contributed by atoms with Gasteiger partial charge in [0, 0.05) is 24.0 Å². The second-order valence-corrected chi connectivity index (χ2v) is 5.47. The molecule has 0 unspecified atom stereocenters. The van der Waals surface area contributed by atoms with Crippen LogP contribution in [0.4, 0.5) is 0 Å². The van der Waals surface area contributed by atoms with Crippen LogP contribution >= 0.6 is 0 Å². The van der Waals surface area contributed by atoms with E-state index in [4.69, 9.17) is 14.3 Å². The number of furan rings is 1. The molecule has 0 bridgehead atoms. The third-order valence-corrected chi connectivity index (χ3v) is 4.17. The zero-order valence-electron chi connectivity index (χ0n) is 12.5. The average Bonchev–Trinajstić information content (AvgIpc) is 3.12. The van der Waals surface area contributed by atoms with Gasteiger partial charge in [-0.1, -0.05) is 12.1 Å². The molecule has 1 atom stereocenters. The number of aryl methyl sites for hydroxylation is 1. The van der Waals surface area contributed by atoms with E-state index in [0.717, 1.165) is 10.9 Å². The second kappa shape index (κ2) is 5.36. The Hall–Kier alpha value is -2.50. The molecule has 6 nitrogen and oxygen atoms in total. The van der Waals surface area contributed by atoms with Crippen LogP contribution in [0.2, 0.25) is 0 Å². The Bertz CT molecular complexity index is 748. The number of nitrogens with zero attached hydrogens (tertiary/aromatic N) is 1. The number of likely N-dealkylation sites (tertiary alicyclic amines) is 1. The lowest BCUT2D eigenvalue weighted by atomic mass is 10.1. The number of methoxy groups -OCH3 is 1. The molecule has 6 heteroatoms. The van der Waals surface area contributed by atoms with Crippen molar-refractivity contribution in [2.45, 2.75) is 13.3 Å². The molecule has 1 aromatic heterocycles. The molecule has 0 saturated carbocycles. The second-order valence-electron chi connectivity index (χ2n) is 5.47. The number of aliphatic carboxylic acids is 1. The van der Waals surface area contributed by atoms with Gasteiger partial charge >= 0.3 is 5.97 Å². The first-order valence-electron chi connectivity index (χ1n) is 7.11. The van der Waals surface area contributed by atoms with Crippen molar-refractivity contribution in [1.82, 2.24) is 4.90 Å². The summed E-state index contributed by atoms with van der Waals surface area (Å²) in [4.78, 5) is 25.2. The Labute approximate surface area is 127 Å². The zero-order chi connectivity index (χ0) is 15.9. The minimum absolute atomic E-state index is 0.224. The van der Waals surface area contributed by atoms with Gasteiger partial charge in [0.1, 0.15) is 0 Å². The van der Waals surface area contributed by atoms with E-state index < -0.39 is 11.9 Å². The molecule has 1 aliphatic heterocycles. The molecule has 22 heavy (non-hydrogen) atoms. The smallest absolute Gasteiger partial charge is 0.308 e. The number of hydrogen-bond acceptors (Lipinski definition) is 4. The number of amides is 1. The monoisotopic (exact) mass is 303 g/mol. The molecule has 0 radical (unpaired) electrons. The quantitative estimate of drug-likeness (QED) is 0.941. The minimum Gasteiger partial charge on any atom is -0.493 e. The maximum atomic E-state index is 12.6. The SMILES string of the molecule is COc1cccc2c(C)c(C(=O)N3CC[C@@H](C(=O)O)C3)oc12. The highest BCUT2D eigenvalue weighted by molar-refractivity contribution is 6.00. The van der Waals surface area contributed by atoms with Crippen LogP contribution in [0, 0.1) is 12.8 Å². The maximum absolute atomic E-state index is 12.6. The molecular weight excluding hydrogens is 286 g/mol. The summed E-state index contributed by atoms with van der Waals surface area (Å²) in [6.07, 6.45) is 0.476. The summed E-state index contributed by atoms with van der Waals surface area (Å²) in [6, 6.07) is 5.49. The van der Waals surface area contributed by atoms with Crippen LogP contribution in [0.1, 0.15) is 22.5 Å². The molecule has 2 heterocycles. The number of benzene rings is 1. The number of ether oxygens (including phenoxy) is 1. The Balaban J connectivity index is 1.95. The zero-order valence-corrected chi connectivity index (χ0v) is 12.5. The first-order chi connectivity index (χ1) is 10.5. The van der Waals surface area contributed by atoms with Gasteiger partial charge in [0.25, 0.3) is 5.91 Å². The summed E-state index contributed by atoms with van der Waals surface area (Å²) < 4.78 is 11.0. The lowest BCUT2D eigenvalue weighted by Crippen LogP contribution is -2.30. The van der Waals surface area contributed by atoms with Gasteiger partial charge in [-0.15, -0.1) is 0 Å². The van der Waals surface area contributed by atoms with Crippen LogP contribution in [0.25, 0.3) is 11.0 Å². The number of carbonyl (C=O) groups is 2. The summed E-state index contributed by atoms with van der Waals surface area (Å²) in [5.74, 6) is -0.795. The predicted octanol–water partition coefficient (Wildman–Crippen LogP) is 2.30. The van der Waals surface area contributed by atoms with Crippen molar-refractivity contribution in [1.29, 1.82) is 0 Å². The first-order valence-corrected chi connectivity index (χ1v) is 7.11. The highest BCUT2D eigenvalue weighted by Crippen LogP contribution is 2.33. The molecule has 1 amide bonds. The Morgan fingerprint density at radius 3 is 2.82 bits per heavy atom. The molecule has 1 aliphatic rings. The van der Waals surface area contributed by atoms with Crippen molar-refractivity contribution >= 4 is 22.8 Å². The van der Waals surface area contributed by atoms with Crippen LogP contribution in [0.3, 0.4) is 0 Å². The van der Waals surface area contributed by atoms with Gasteiger partial charge in [0.05, 0.1) is 13.0 Å². The lowest BCUT2D eigenvalue weighted by Gasteiger charge is -2.14. The van der Waals surface area contributed by atoms with Gasteiger partial charge < -0.3 is 19.2 Å². The predicted molar refractivity (Wildman–Crippen MR) is 79.1 cm³/mol. The molecule has 1 saturated heterocycles. The van der Waals surface area contributed by atoms with Crippen LogP contribution < -0.4 is 4.74 Å². The normalized spacial score (nSPS) is 17.9. The fourth-order valence-electron chi connectivity index (χ4n) is 2.87. The molecule has 1 fully saturated rings. The topological polar surface area (TPSA) is 80.0 Å². The largest absolute Gasteiger partial charge is 0.493 e. The number of para-hydroxylation sites is 1. The van der Waals surface area contributed by atoms with Gasteiger partial charge in [-0.3, -0.25) is 9.59 Å². The standard InChI is InChI=1S/C16H17NO5/c1-9-11-4-3-5-12(21-2)14(11)22-13(9)15(18)17-7-6-10(8-17)16(19)20/h3-5,10H,6-8H2,1-2H3,(H,19,20)/t10-/m1/s1. The van der Waals surface area contributed by atoms with Crippen LogP contribution in [0.15, 0.2) is 22.6 Å². The lowest BCUT2D eigenvalue weighted by molar-refractivity contribution is -0.141. The van der Waals surface area contributed by atoms with E-state index in [1.54, 1.807) is 13.2 Å². The fraction of sp³-hybridized carbons (Fsp3) is 0.375. The van der Waals surface area contributed by atoms with E-state index in [9.17, 15) is 9.59 Å². The summed E-state index contributed by atoms with van der Waals surface area (Å²) in [6.45, 7) is 2.48. The van der Waals surface area contributed by atoms with Gasteiger partial charge in [0.2, 0.25) is 0 Å². The molecule has 1 N–H and O–H groups in total. The number of carboxylic acid groups (broad SMARTS) is 1. The Kier molecular flexibility index (Phi) is 3.52. The summed E-state index contributed by atoms with van der Waals surface area (Å²) in [5.41, 5.74) is 1.29. The van der Waals surface area contributed by atoms with Gasteiger partial charge in [-0.05, 0) is 19.4 Å². The molecular formula is C16H17NO5. The van der Waals surface area contributed by atoms with Gasteiger partial charge in [-0.25, -0.2) is 0 Å². The van der Waals surface area contributed by atoms with Crippen molar-refractivity contribution < 1.29 is 23.8 Å². The van der Waals surface area contributed by atoms with Gasteiger partial charge in [0.15, 0.2) is 17.1 Å². The van der Waals surface area contributed by atoms with E-state index in [-0.39, 0.29) is 18.2 Å². The van der Waals surface area contributed by atoms with Crippen molar-refractivity contribution in [3.8, 4) is 5.75 Å². The fourth-order valence-corrected chi connectivity index (χ4v) is 2.87. The van der Waals surface area contributed by atoms with Crippen molar-refractivity contribution in [2.24, 2.45) is 5.92 Å². The van der Waals surface area contributed by atoms with Crippen LogP contribution in [-0.4, -0.2) is 42.1 Å². The van der Waals surface area contributed by atoms with Crippen molar-refractivity contribution in [3.05, 3.63) is 29.5 Å². The van der Waals surface area contributed by atoms with E-state index in [1.807, 2.05) is 19.1 Å². The van der Waals surface area contributed by atoms with E-state index in [2.05, 4.69) is 0 Å². The van der Waals surface area contributed by atoms with E-state index >= 15 is 0 Å². The number of carbonyl (C=O) groups excluding carboxylic acids is 1. The Morgan fingerprint density at radius 2 is 2.18 bits per heavy atom. The molecule has 116 valence electrons. The van der Waals surface area contributed by atoms with E-state index in [0.29, 0.717) is 24.3 Å². The van der Waals surface area contributed by atoms with Crippen molar-refractivity contribution in [2.75, 3.05) is 20.2 Å². The minimum atomic E-state index is -0.863. The highest BCUT2D eigenvalue weighted by atomic mass is 16.5. The Morgan fingerprint density at radius 1 is 1.41 bits per heavy atom. The van der Waals surface area contributed by atoms with E-state index in [1.165, 1.54) is 4.90 Å². The number of carboxylic acids is 1. The average molecular weight is 303 g/mol. The number of fused-ring (bicyclic) bond motifs is 1.